The second-order valence-corrected chi connectivity index (χ2v) is 5.79. The lowest BCUT2D eigenvalue weighted by molar-refractivity contribution is -0.126. The topological polar surface area (TPSA) is 104 Å². The summed E-state index contributed by atoms with van der Waals surface area (Å²) in [6.07, 6.45) is 1.61. The van der Waals surface area contributed by atoms with E-state index in [1.807, 2.05) is 24.3 Å². The summed E-state index contributed by atoms with van der Waals surface area (Å²) < 4.78 is 0. The van der Waals surface area contributed by atoms with E-state index in [-0.39, 0.29) is 17.7 Å². The number of nitrogens with one attached hydrogen (secondary N) is 2. The number of nitrogens with zero attached hydrogens (tertiary/aromatic N) is 2. The molecule has 1 aliphatic heterocycles. The number of para-hydroxylation sites is 1. The Kier molecular flexibility index (Phi) is 4.57. The number of H-pyrrole nitrogens is 1. The molecule has 1 aliphatic rings. The van der Waals surface area contributed by atoms with Crippen LogP contribution in [0.3, 0.4) is 0 Å². The highest BCUT2D eigenvalue weighted by molar-refractivity contribution is 6.04. The van der Waals surface area contributed by atoms with Crippen LogP contribution in [0.2, 0.25) is 0 Å². The van der Waals surface area contributed by atoms with Crippen LogP contribution in [0.1, 0.15) is 23.3 Å². The van der Waals surface area contributed by atoms with Crippen molar-refractivity contribution in [2.45, 2.75) is 12.8 Å². The zero-order valence-corrected chi connectivity index (χ0v) is 12.9. The van der Waals surface area contributed by atoms with E-state index in [0.717, 1.165) is 23.7 Å². The fourth-order valence-corrected chi connectivity index (χ4v) is 2.99. The van der Waals surface area contributed by atoms with Crippen LogP contribution in [0, 0.1) is 5.92 Å². The molecule has 0 radical (unpaired) electrons. The van der Waals surface area contributed by atoms with E-state index >= 15 is 0 Å². The standard InChI is InChI=1S/C16H21N5O2/c17-7-8-18-15(22)11-4-3-9-21(10-11)16(23)14-12-5-1-2-6-13(12)19-20-14/h1-2,5-6,11H,3-4,7-10,17H2,(H,18,22)(H,19,20). The molecule has 1 aromatic carbocycles. The van der Waals surface area contributed by atoms with Gasteiger partial charge in [-0.25, -0.2) is 0 Å². The molecule has 4 N–H and O–H groups in total. The lowest BCUT2D eigenvalue weighted by atomic mass is 9.96. The third-order valence-corrected chi connectivity index (χ3v) is 4.20. The number of carbonyl (C=O) groups is 2. The Morgan fingerprint density at radius 3 is 3.04 bits per heavy atom. The summed E-state index contributed by atoms with van der Waals surface area (Å²) >= 11 is 0. The molecule has 1 fully saturated rings. The van der Waals surface area contributed by atoms with Gasteiger partial charge in [-0.05, 0) is 18.9 Å². The molecular weight excluding hydrogens is 294 g/mol. The van der Waals surface area contributed by atoms with Gasteiger partial charge in [-0.3, -0.25) is 14.7 Å². The third kappa shape index (κ3) is 3.19. The lowest BCUT2D eigenvalue weighted by Gasteiger charge is -2.31. The van der Waals surface area contributed by atoms with Crippen LogP contribution < -0.4 is 11.1 Å². The molecule has 7 nitrogen and oxygen atoms in total. The van der Waals surface area contributed by atoms with Crippen LogP contribution >= 0.6 is 0 Å². The number of piperidine rings is 1. The summed E-state index contributed by atoms with van der Waals surface area (Å²) in [6, 6.07) is 7.54. The van der Waals surface area contributed by atoms with Gasteiger partial charge in [0.05, 0.1) is 11.4 Å². The van der Waals surface area contributed by atoms with Gasteiger partial charge in [-0.1, -0.05) is 18.2 Å². The summed E-state index contributed by atoms with van der Waals surface area (Å²) in [6.45, 7) is 1.96. The minimum Gasteiger partial charge on any atom is -0.355 e. The number of hydrogen-bond donors (Lipinski definition) is 3. The van der Waals surface area contributed by atoms with Crippen molar-refractivity contribution in [3.05, 3.63) is 30.0 Å². The number of nitrogens with two attached hydrogens (primary N) is 1. The minimum atomic E-state index is -0.176. The lowest BCUT2D eigenvalue weighted by Crippen LogP contribution is -2.46. The maximum absolute atomic E-state index is 12.7. The third-order valence-electron chi connectivity index (χ3n) is 4.20. The van der Waals surface area contributed by atoms with Crippen molar-refractivity contribution in [2.75, 3.05) is 26.2 Å². The predicted molar refractivity (Wildman–Crippen MR) is 86.8 cm³/mol. The maximum atomic E-state index is 12.7. The molecule has 7 heteroatoms. The first-order valence-electron chi connectivity index (χ1n) is 7.91. The van der Waals surface area contributed by atoms with E-state index in [1.165, 1.54) is 0 Å². The zero-order chi connectivity index (χ0) is 16.2. The highest BCUT2D eigenvalue weighted by atomic mass is 16.2. The molecule has 1 unspecified atom stereocenters. The van der Waals surface area contributed by atoms with Gasteiger partial charge in [0, 0.05) is 31.6 Å². The van der Waals surface area contributed by atoms with Gasteiger partial charge in [0.25, 0.3) is 5.91 Å². The summed E-state index contributed by atoms with van der Waals surface area (Å²) in [7, 11) is 0. The molecule has 1 aromatic heterocycles. The van der Waals surface area contributed by atoms with E-state index in [1.54, 1.807) is 4.90 Å². The van der Waals surface area contributed by atoms with Gasteiger partial charge in [0.15, 0.2) is 5.69 Å². The number of likely N-dealkylation sites (tertiary alicyclic amines) is 1. The fourth-order valence-electron chi connectivity index (χ4n) is 2.99. The summed E-state index contributed by atoms with van der Waals surface area (Å²) in [5.41, 5.74) is 6.67. The maximum Gasteiger partial charge on any atom is 0.275 e. The van der Waals surface area contributed by atoms with E-state index in [2.05, 4.69) is 15.5 Å². The van der Waals surface area contributed by atoms with Gasteiger partial charge in [-0.15, -0.1) is 0 Å². The summed E-state index contributed by atoms with van der Waals surface area (Å²) in [4.78, 5) is 26.6. The quantitative estimate of drug-likeness (QED) is 0.763. The Morgan fingerprint density at radius 2 is 2.22 bits per heavy atom. The Bertz CT molecular complexity index is 711. The van der Waals surface area contributed by atoms with E-state index in [9.17, 15) is 9.59 Å². The predicted octanol–water partition coefficient (Wildman–Crippen LogP) is 0.490. The van der Waals surface area contributed by atoms with Gasteiger partial charge in [0.1, 0.15) is 0 Å². The van der Waals surface area contributed by atoms with Crippen molar-refractivity contribution in [1.29, 1.82) is 0 Å². The molecule has 3 rings (SSSR count). The number of benzene rings is 1. The average molecular weight is 315 g/mol. The van der Waals surface area contributed by atoms with E-state index in [0.29, 0.717) is 31.9 Å². The Labute approximate surface area is 134 Å². The second-order valence-electron chi connectivity index (χ2n) is 5.79. The number of hydrogen-bond acceptors (Lipinski definition) is 4. The monoisotopic (exact) mass is 315 g/mol. The molecule has 122 valence electrons. The van der Waals surface area contributed by atoms with Crippen molar-refractivity contribution in [3.8, 4) is 0 Å². The van der Waals surface area contributed by atoms with Crippen molar-refractivity contribution in [1.82, 2.24) is 20.4 Å². The number of carbonyl (C=O) groups excluding carboxylic acids is 2. The van der Waals surface area contributed by atoms with Crippen molar-refractivity contribution >= 4 is 22.7 Å². The minimum absolute atomic E-state index is 0.0279. The normalized spacial score (nSPS) is 18.1. The zero-order valence-electron chi connectivity index (χ0n) is 12.9. The van der Waals surface area contributed by atoms with Crippen molar-refractivity contribution < 1.29 is 9.59 Å². The Balaban J connectivity index is 1.73. The van der Waals surface area contributed by atoms with E-state index < -0.39 is 0 Å². The van der Waals surface area contributed by atoms with Gasteiger partial charge >= 0.3 is 0 Å². The fraction of sp³-hybridized carbons (Fsp3) is 0.438. The summed E-state index contributed by atoms with van der Waals surface area (Å²) in [5, 5.41) is 10.7. The molecule has 2 heterocycles. The molecule has 0 saturated carbocycles. The first-order valence-corrected chi connectivity index (χ1v) is 7.91. The van der Waals surface area contributed by atoms with Crippen LogP contribution in [-0.2, 0) is 4.79 Å². The van der Waals surface area contributed by atoms with Crippen LogP contribution in [0.15, 0.2) is 24.3 Å². The van der Waals surface area contributed by atoms with Crippen LogP contribution in [-0.4, -0.2) is 53.1 Å². The number of aromatic nitrogens is 2. The first-order chi connectivity index (χ1) is 11.2. The largest absolute Gasteiger partial charge is 0.355 e. The molecule has 23 heavy (non-hydrogen) atoms. The molecular formula is C16H21N5O2. The van der Waals surface area contributed by atoms with Gasteiger partial charge in [0.2, 0.25) is 5.91 Å². The van der Waals surface area contributed by atoms with Crippen molar-refractivity contribution in [2.24, 2.45) is 11.7 Å². The van der Waals surface area contributed by atoms with Gasteiger partial charge in [-0.2, -0.15) is 5.10 Å². The second kappa shape index (κ2) is 6.78. The Hall–Kier alpha value is -2.41. The van der Waals surface area contributed by atoms with Crippen LogP contribution in [0.4, 0.5) is 0 Å². The highest BCUT2D eigenvalue weighted by Crippen LogP contribution is 2.21. The molecule has 0 bridgehead atoms. The van der Waals surface area contributed by atoms with E-state index in [4.69, 9.17) is 5.73 Å². The smallest absolute Gasteiger partial charge is 0.275 e. The molecule has 2 amide bonds. The molecule has 0 aliphatic carbocycles. The molecule has 0 spiro atoms. The first kappa shape index (κ1) is 15.5. The van der Waals surface area contributed by atoms with Crippen LogP contribution in [0.25, 0.3) is 10.9 Å². The number of aromatic amines is 1. The SMILES string of the molecule is NCCNC(=O)C1CCCN(C(=O)c2n[nH]c3ccccc23)C1. The highest BCUT2D eigenvalue weighted by Gasteiger charge is 2.30. The number of amides is 2. The molecule has 1 saturated heterocycles. The summed E-state index contributed by atoms with van der Waals surface area (Å²) in [5.74, 6) is -0.330. The number of fused-ring (bicyclic) bond motifs is 1. The van der Waals surface area contributed by atoms with Gasteiger partial charge < -0.3 is 16.0 Å². The van der Waals surface area contributed by atoms with Crippen molar-refractivity contribution in [3.63, 3.8) is 0 Å². The average Bonchev–Trinajstić information content (AvgIpc) is 3.03. The molecule has 1 atom stereocenters. The number of rotatable bonds is 4. The molecule has 2 aromatic rings. The van der Waals surface area contributed by atoms with Crippen LogP contribution in [0.5, 0.6) is 0 Å². The Morgan fingerprint density at radius 1 is 1.39 bits per heavy atom.